The van der Waals surface area contributed by atoms with Crippen molar-refractivity contribution in [2.45, 2.75) is 13.8 Å². The van der Waals surface area contributed by atoms with Crippen LogP contribution in [0.25, 0.3) is 0 Å². The van der Waals surface area contributed by atoms with Crippen molar-refractivity contribution in [1.82, 2.24) is 0 Å². The molecule has 0 atom stereocenters. The second-order valence-electron chi connectivity index (χ2n) is 2.18. The minimum Gasteiger partial charge on any atom is -0.392 e. The summed E-state index contributed by atoms with van der Waals surface area (Å²) < 4.78 is 0. The van der Waals surface area contributed by atoms with Crippen LogP contribution in [0, 0.1) is 0 Å². The molecule has 0 aliphatic heterocycles. The largest absolute Gasteiger partial charge is 0.392 e. The fourth-order valence-corrected chi connectivity index (χ4v) is 0.566. The predicted molar refractivity (Wildman–Crippen MR) is 40.7 cm³/mol. The van der Waals surface area contributed by atoms with Gasteiger partial charge in [-0.05, 0) is 25.0 Å². The summed E-state index contributed by atoms with van der Waals surface area (Å²) >= 11 is 0. The molecular weight excluding hydrogens is 128 g/mol. The molecule has 0 spiro atoms. The van der Waals surface area contributed by atoms with Crippen molar-refractivity contribution < 1.29 is 9.90 Å². The van der Waals surface area contributed by atoms with Crippen LogP contribution in [0.3, 0.4) is 0 Å². The van der Waals surface area contributed by atoms with Gasteiger partial charge in [-0.25, -0.2) is 0 Å². The SMILES string of the molecule is C=C(C)C(=O)C(C)=CCO. The number of ketones is 1. The van der Waals surface area contributed by atoms with Crippen molar-refractivity contribution in [3.05, 3.63) is 23.8 Å². The van der Waals surface area contributed by atoms with Crippen molar-refractivity contribution in [3.8, 4) is 0 Å². The van der Waals surface area contributed by atoms with Crippen LogP contribution in [0.4, 0.5) is 0 Å². The van der Waals surface area contributed by atoms with Gasteiger partial charge in [0.1, 0.15) is 0 Å². The Bertz CT molecular complexity index is 178. The molecule has 1 N–H and O–H groups in total. The predicted octanol–water partition coefficient (Wildman–Crippen LogP) is 1.07. The van der Waals surface area contributed by atoms with Crippen LogP contribution in [-0.2, 0) is 4.79 Å². The molecule has 0 heterocycles. The molecule has 0 unspecified atom stereocenters. The van der Waals surface area contributed by atoms with Crippen molar-refractivity contribution in [3.63, 3.8) is 0 Å². The molecule has 0 fully saturated rings. The molecule has 0 aliphatic carbocycles. The van der Waals surface area contributed by atoms with Crippen LogP contribution in [0.15, 0.2) is 23.8 Å². The van der Waals surface area contributed by atoms with Gasteiger partial charge in [0.15, 0.2) is 5.78 Å². The van der Waals surface area contributed by atoms with Crippen LogP contribution in [0.2, 0.25) is 0 Å². The fourth-order valence-electron chi connectivity index (χ4n) is 0.566. The van der Waals surface area contributed by atoms with E-state index in [-0.39, 0.29) is 12.4 Å². The zero-order chi connectivity index (χ0) is 8.15. The van der Waals surface area contributed by atoms with E-state index in [9.17, 15) is 4.79 Å². The molecule has 2 nitrogen and oxygen atoms in total. The summed E-state index contributed by atoms with van der Waals surface area (Å²) in [6.07, 6.45) is 1.47. The van der Waals surface area contributed by atoms with Gasteiger partial charge >= 0.3 is 0 Å². The first-order valence-corrected chi connectivity index (χ1v) is 3.07. The van der Waals surface area contributed by atoms with Gasteiger partial charge in [0.05, 0.1) is 6.61 Å². The van der Waals surface area contributed by atoms with E-state index < -0.39 is 0 Å². The van der Waals surface area contributed by atoms with Crippen LogP contribution in [0.5, 0.6) is 0 Å². The van der Waals surface area contributed by atoms with Gasteiger partial charge in [0.2, 0.25) is 0 Å². The monoisotopic (exact) mass is 140 g/mol. The lowest BCUT2D eigenvalue weighted by Gasteiger charge is -1.96. The number of allylic oxidation sites excluding steroid dienone is 2. The maximum Gasteiger partial charge on any atom is 0.183 e. The molecular formula is C8H12O2. The number of carbonyl (C=O) groups is 1. The topological polar surface area (TPSA) is 37.3 Å². The summed E-state index contributed by atoms with van der Waals surface area (Å²) in [5.41, 5.74) is 1.05. The van der Waals surface area contributed by atoms with Crippen molar-refractivity contribution in [2.75, 3.05) is 6.61 Å². The minimum absolute atomic E-state index is 0.0888. The van der Waals surface area contributed by atoms with Crippen molar-refractivity contribution >= 4 is 5.78 Å². The molecule has 0 radical (unpaired) electrons. The average Bonchev–Trinajstić information content (AvgIpc) is 1.87. The number of hydrogen-bond acceptors (Lipinski definition) is 2. The van der Waals surface area contributed by atoms with E-state index in [0.29, 0.717) is 11.1 Å². The highest BCUT2D eigenvalue weighted by Gasteiger charge is 2.02. The Morgan fingerprint density at radius 2 is 2.10 bits per heavy atom. The number of carbonyl (C=O) groups excluding carboxylic acids is 1. The standard InChI is InChI=1S/C8H12O2/c1-6(2)8(10)7(3)4-5-9/h4,9H,1,5H2,2-3H3. The third-order valence-corrected chi connectivity index (χ3v) is 1.14. The maximum atomic E-state index is 11.0. The number of aliphatic hydroxyl groups is 1. The highest BCUT2D eigenvalue weighted by Crippen LogP contribution is 2.01. The number of rotatable bonds is 3. The second kappa shape index (κ2) is 4.01. The molecule has 0 aromatic rings. The van der Waals surface area contributed by atoms with Crippen LogP contribution < -0.4 is 0 Å². The first-order chi connectivity index (χ1) is 4.59. The van der Waals surface area contributed by atoms with Crippen molar-refractivity contribution in [1.29, 1.82) is 0 Å². The first-order valence-electron chi connectivity index (χ1n) is 3.07. The van der Waals surface area contributed by atoms with E-state index in [1.54, 1.807) is 13.8 Å². The number of aliphatic hydroxyl groups excluding tert-OH is 1. The Balaban J connectivity index is 4.22. The fraction of sp³-hybridized carbons (Fsp3) is 0.375. The Kier molecular flexibility index (Phi) is 3.65. The molecule has 10 heavy (non-hydrogen) atoms. The van der Waals surface area contributed by atoms with E-state index >= 15 is 0 Å². The molecule has 0 saturated heterocycles. The summed E-state index contributed by atoms with van der Waals surface area (Å²) in [4.78, 5) is 11.0. The highest BCUT2D eigenvalue weighted by molar-refractivity contribution is 6.06. The van der Waals surface area contributed by atoms with Gasteiger partial charge in [0, 0.05) is 0 Å². The molecule has 0 rings (SSSR count). The third-order valence-electron chi connectivity index (χ3n) is 1.14. The summed E-state index contributed by atoms with van der Waals surface area (Å²) in [6.45, 7) is 6.70. The van der Waals surface area contributed by atoms with E-state index in [1.807, 2.05) is 0 Å². The second-order valence-corrected chi connectivity index (χ2v) is 2.18. The van der Waals surface area contributed by atoms with Gasteiger partial charge in [-0.3, -0.25) is 4.79 Å². The normalized spacial score (nSPS) is 11.3. The minimum atomic E-state index is -0.0924. The molecule has 0 bridgehead atoms. The molecule has 0 saturated carbocycles. The van der Waals surface area contributed by atoms with Gasteiger partial charge < -0.3 is 5.11 Å². The maximum absolute atomic E-state index is 11.0. The lowest BCUT2D eigenvalue weighted by Crippen LogP contribution is -2.00. The van der Waals surface area contributed by atoms with Gasteiger partial charge in [0.25, 0.3) is 0 Å². The summed E-state index contributed by atoms with van der Waals surface area (Å²) in [6, 6.07) is 0. The molecule has 0 aliphatic rings. The lowest BCUT2D eigenvalue weighted by atomic mass is 10.1. The third kappa shape index (κ3) is 2.60. The number of hydrogen-bond donors (Lipinski definition) is 1. The Morgan fingerprint density at radius 3 is 2.40 bits per heavy atom. The van der Waals surface area contributed by atoms with E-state index in [0.717, 1.165) is 0 Å². The van der Waals surface area contributed by atoms with E-state index in [4.69, 9.17) is 5.11 Å². The van der Waals surface area contributed by atoms with Crippen LogP contribution in [-0.4, -0.2) is 17.5 Å². The van der Waals surface area contributed by atoms with E-state index in [2.05, 4.69) is 6.58 Å². The zero-order valence-corrected chi connectivity index (χ0v) is 6.35. The van der Waals surface area contributed by atoms with Crippen molar-refractivity contribution in [2.24, 2.45) is 0 Å². The van der Waals surface area contributed by atoms with Crippen LogP contribution in [0.1, 0.15) is 13.8 Å². The highest BCUT2D eigenvalue weighted by atomic mass is 16.2. The quantitative estimate of drug-likeness (QED) is 0.595. The van der Waals surface area contributed by atoms with E-state index in [1.165, 1.54) is 6.08 Å². The lowest BCUT2D eigenvalue weighted by molar-refractivity contribution is -0.112. The average molecular weight is 140 g/mol. The summed E-state index contributed by atoms with van der Waals surface area (Å²) in [5.74, 6) is -0.0888. The Labute approximate surface area is 60.9 Å². The van der Waals surface area contributed by atoms with Gasteiger partial charge in [-0.1, -0.05) is 12.7 Å². The molecule has 0 aromatic carbocycles. The van der Waals surface area contributed by atoms with Gasteiger partial charge in [-0.2, -0.15) is 0 Å². The first kappa shape index (κ1) is 9.11. The smallest absolute Gasteiger partial charge is 0.183 e. The van der Waals surface area contributed by atoms with Crippen LogP contribution >= 0.6 is 0 Å². The summed E-state index contributed by atoms with van der Waals surface area (Å²) in [7, 11) is 0. The molecule has 0 amide bonds. The number of Topliss-reactive ketones (excluding diaryl/α,β-unsaturated/α-hetero) is 1. The molecule has 0 aromatic heterocycles. The molecule has 2 heteroatoms. The molecule has 56 valence electrons. The van der Waals surface area contributed by atoms with Gasteiger partial charge in [-0.15, -0.1) is 0 Å². The Morgan fingerprint density at radius 1 is 1.60 bits per heavy atom. The summed E-state index contributed by atoms with van der Waals surface area (Å²) in [5, 5.41) is 8.41. The zero-order valence-electron chi connectivity index (χ0n) is 6.35. The Hall–Kier alpha value is -0.890.